The minimum Gasteiger partial charge on any atom is -0.389 e. The Bertz CT molecular complexity index is 366. The molecule has 15 heavy (non-hydrogen) atoms. The second-order valence-electron chi connectivity index (χ2n) is 3.51. The van der Waals surface area contributed by atoms with Gasteiger partial charge in [-0.3, -0.25) is 0 Å². The Morgan fingerprint density at radius 2 is 2.20 bits per heavy atom. The Kier molecular flexibility index (Phi) is 4.17. The van der Waals surface area contributed by atoms with Crippen molar-refractivity contribution in [1.29, 1.82) is 0 Å². The number of nitrogens with two attached hydrogens (primary N) is 1. The molecule has 0 saturated heterocycles. The first kappa shape index (κ1) is 12.1. The fraction of sp³-hybridized carbons (Fsp3) is 0.364. The van der Waals surface area contributed by atoms with Gasteiger partial charge in [0.05, 0.1) is 0 Å². The van der Waals surface area contributed by atoms with Crippen molar-refractivity contribution >= 4 is 17.2 Å². The van der Waals surface area contributed by atoms with Crippen LogP contribution in [0.5, 0.6) is 0 Å². The van der Waals surface area contributed by atoms with E-state index in [0.29, 0.717) is 5.56 Å². The van der Waals surface area contributed by atoms with Crippen LogP contribution in [-0.4, -0.2) is 23.5 Å². The molecule has 4 heteroatoms. The van der Waals surface area contributed by atoms with Crippen LogP contribution in [0, 0.1) is 5.82 Å². The zero-order valence-electron chi connectivity index (χ0n) is 8.96. The second kappa shape index (κ2) is 5.19. The fourth-order valence-electron chi connectivity index (χ4n) is 1.28. The maximum atomic E-state index is 13.3. The summed E-state index contributed by atoms with van der Waals surface area (Å²) < 4.78 is 13.3. The minimum atomic E-state index is -0.356. The highest BCUT2D eigenvalue weighted by Crippen LogP contribution is 2.12. The Hall–Kier alpha value is -1.00. The molecule has 1 aromatic carbocycles. The van der Waals surface area contributed by atoms with Gasteiger partial charge in [0.25, 0.3) is 0 Å². The van der Waals surface area contributed by atoms with Crippen LogP contribution in [0.2, 0.25) is 0 Å². The molecule has 0 aliphatic heterocycles. The molecule has 82 valence electrons. The van der Waals surface area contributed by atoms with Crippen LogP contribution in [0.3, 0.4) is 0 Å². The van der Waals surface area contributed by atoms with Gasteiger partial charge in [-0.15, -0.1) is 0 Å². The van der Waals surface area contributed by atoms with Gasteiger partial charge in [0.15, 0.2) is 0 Å². The first-order valence-electron chi connectivity index (χ1n) is 4.81. The molecule has 0 atom stereocenters. The molecule has 1 rings (SSSR count). The van der Waals surface area contributed by atoms with Crippen LogP contribution in [0.1, 0.15) is 18.1 Å². The highest BCUT2D eigenvalue weighted by Gasteiger charge is 2.06. The molecule has 0 aliphatic carbocycles. The summed E-state index contributed by atoms with van der Waals surface area (Å²) in [6, 6.07) is 4.88. The number of thiocarbonyl (C=S) groups is 1. The summed E-state index contributed by atoms with van der Waals surface area (Å²) in [5.41, 5.74) is 6.77. The highest BCUT2D eigenvalue weighted by molar-refractivity contribution is 7.80. The third-order valence-electron chi connectivity index (χ3n) is 2.29. The largest absolute Gasteiger partial charge is 0.389 e. The molecular formula is C11H15FN2S. The standard InChI is InChI=1S/C11H15FN2S/c1-3-14(2)7-8-4-5-10(12)9(6-8)11(13)15/h4-6H,3,7H2,1-2H3,(H2,13,15). The zero-order chi connectivity index (χ0) is 11.4. The number of nitrogens with zero attached hydrogens (tertiary/aromatic N) is 1. The molecule has 0 spiro atoms. The van der Waals surface area contributed by atoms with Gasteiger partial charge in [0.1, 0.15) is 10.8 Å². The molecule has 1 aromatic rings. The highest BCUT2D eigenvalue weighted by atomic mass is 32.1. The molecule has 0 amide bonds. The van der Waals surface area contributed by atoms with E-state index < -0.39 is 0 Å². The lowest BCUT2D eigenvalue weighted by molar-refractivity contribution is 0.345. The Balaban J connectivity index is 2.92. The lowest BCUT2D eigenvalue weighted by Gasteiger charge is -2.14. The average molecular weight is 226 g/mol. The van der Waals surface area contributed by atoms with E-state index in [4.69, 9.17) is 18.0 Å². The van der Waals surface area contributed by atoms with E-state index in [1.165, 1.54) is 6.07 Å². The van der Waals surface area contributed by atoms with Crippen LogP contribution < -0.4 is 5.73 Å². The van der Waals surface area contributed by atoms with Crippen molar-refractivity contribution in [3.8, 4) is 0 Å². The van der Waals surface area contributed by atoms with Gasteiger partial charge < -0.3 is 10.6 Å². The van der Waals surface area contributed by atoms with Crippen molar-refractivity contribution in [2.75, 3.05) is 13.6 Å². The first-order valence-corrected chi connectivity index (χ1v) is 5.22. The zero-order valence-corrected chi connectivity index (χ0v) is 9.77. The lowest BCUT2D eigenvalue weighted by atomic mass is 10.1. The summed E-state index contributed by atoms with van der Waals surface area (Å²) >= 11 is 4.78. The Morgan fingerprint density at radius 3 is 2.73 bits per heavy atom. The number of benzene rings is 1. The van der Waals surface area contributed by atoms with Gasteiger partial charge in [0, 0.05) is 12.1 Å². The molecule has 0 aromatic heterocycles. The van der Waals surface area contributed by atoms with Gasteiger partial charge in [-0.25, -0.2) is 4.39 Å². The number of hydrogen-bond donors (Lipinski definition) is 1. The number of halogens is 1. The summed E-state index contributed by atoms with van der Waals surface area (Å²) in [4.78, 5) is 2.23. The molecule has 2 N–H and O–H groups in total. The van der Waals surface area contributed by atoms with Crippen molar-refractivity contribution in [3.05, 3.63) is 35.1 Å². The van der Waals surface area contributed by atoms with Crippen molar-refractivity contribution in [2.24, 2.45) is 5.73 Å². The van der Waals surface area contributed by atoms with E-state index in [0.717, 1.165) is 18.7 Å². The summed E-state index contributed by atoms with van der Waals surface area (Å²) in [5, 5.41) is 0. The van der Waals surface area contributed by atoms with Crippen molar-refractivity contribution < 1.29 is 4.39 Å². The van der Waals surface area contributed by atoms with Gasteiger partial charge in [-0.1, -0.05) is 25.2 Å². The summed E-state index contributed by atoms with van der Waals surface area (Å²) in [7, 11) is 2.00. The molecule has 0 fully saturated rings. The molecule has 0 saturated carbocycles. The SMILES string of the molecule is CCN(C)Cc1ccc(F)c(C(N)=S)c1. The topological polar surface area (TPSA) is 29.3 Å². The fourth-order valence-corrected chi connectivity index (χ4v) is 1.44. The quantitative estimate of drug-likeness (QED) is 0.795. The first-order chi connectivity index (χ1) is 7.04. The maximum Gasteiger partial charge on any atom is 0.133 e. The number of rotatable bonds is 4. The molecule has 2 nitrogen and oxygen atoms in total. The normalized spacial score (nSPS) is 10.7. The minimum absolute atomic E-state index is 0.105. The molecule has 0 aliphatic rings. The van der Waals surface area contributed by atoms with E-state index >= 15 is 0 Å². The van der Waals surface area contributed by atoms with Crippen molar-refractivity contribution in [3.63, 3.8) is 0 Å². The van der Waals surface area contributed by atoms with Crippen molar-refractivity contribution in [2.45, 2.75) is 13.5 Å². The average Bonchev–Trinajstić information content (AvgIpc) is 2.20. The van der Waals surface area contributed by atoms with Gasteiger partial charge in [0.2, 0.25) is 0 Å². The molecule has 0 unspecified atom stereocenters. The van der Waals surface area contributed by atoms with Gasteiger partial charge in [-0.2, -0.15) is 0 Å². The molecule has 0 radical (unpaired) electrons. The summed E-state index contributed by atoms with van der Waals surface area (Å²) in [6.07, 6.45) is 0. The van der Waals surface area contributed by atoms with Crippen LogP contribution in [0.15, 0.2) is 18.2 Å². The van der Waals surface area contributed by atoms with E-state index in [-0.39, 0.29) is 10.8 Å². The van der Waals surface area contributed by atoms with Gasteiger partial charge in [-0.05, 0) is 31.3 Å². The Morgan fingerprint density at radius 1 is 1.53 bits per heavy atom. The molecule has 0 bridgehead atoms. The summed E-state index contributed by atoms with van der Waals surface area (Å²) in [6.45, 7) is 3.78. The monoisotopic (exact) mass is 226 g/mol. The summed E-state index contributed by atoms with van der Waals surface area (Å²) in [5.74, 6) is -0.356. The van der Waals surface area contributed by atoms with Crippen LogP contribution in [0.25, 0.3) is 0 Å². The van der Waals surface area contributed by atoms with Crippen LogP contribution >= 0.6 is 12.2 Å². The van der Waals surface area contributed by atoms with E-state index in [2.05, 4.69) is 11.8 Å². The predicted molar refractivity (Wildman–Crippen MR) is 64.3 cm³/mol. The maximum absolute atomic E-state index is 13.3. The number of hydrogen-bond acceptors (Lipinski definition) is 2. The van der Waals surface area contributed by atoms with E-state index in [1.807, 2.05) is 7.05 Å². The smallest absolute Gasteiger partial charge is 0.133 e. The van der Waals surface area contributed by atoms with Crippen LogP contribution in [-0.2, 0) is 6.54 Å². The van der Waals surface area contributed by atoms with Crippen LogP contribution in [0.4, 0.5) is 4.39 Å². The molecular weight excluding hydrogens is 211 g/mol. The molecule has 0 heterocycles. The Labute approximate surface area is 94.9 Å². The van der Waals surface area contributed by atoms with E-state index in [9.17, 15) is 4.39 Å². The predicted octanol–water partition coefficient (Wildman–Crippen LogP) is 1.91. The third-order valence-corrected chi connectivity index (χ3v) is 2.51. The lowest BCUT2D eigenvalue weighted by Crippen LogP contribution is -2.18. The third kappa shape index (κ3) is 3.25. The van der Waals surface area contributed by atoms with Gasteiger partial charge >= 0.3 is 0 Å². The second-order valence-corrected chi connectivity index (χ2v) is 3.95. The van der Waals surface area contributed by atoms with Crippen molar-refractivity contribution in [1.82, 2.24) is 4.90 Å². The van der Waals surface area contributed by atoms with E-state index in [1.54, 1.807) is 12.1 Å².